The number of carbonyl (C=O) groups excluding carboxylic acids is 1. The minimum Gasteiger partial charge on any atom is -0.367 e. The first-order chi connectivity index (χ1) is 5.97. The molecule has 0 aromatic heterocycles. The van der Waals surface area contributed by atoms with Crippen LogP contribution in [0.3, 0.4) is 0 Å². The highest BCUT2D eigenvalue weighted by Crippen LogP contribution is 1.99. The zero-order valence-corrected chi connectivity index (χ0v) is 6.97. The van der Waals surface area contributed by atoms with Crippen molar-refractivity contribution in [1.82, 2.24) is 0 Å². The number of primary amides is 1. The van der Waals surface area contributed by atoms with E-state index in [-0.39, 0.29) is 5.57 Å². The van der Waals surface area contributed by atoms with E-state index in [1.165, 1.54) is 6.92 Å². The first-order valence-corrected chi connectivity index (χ1v) is 3.38. The van der Waals surface area contributed by atoms with E-state index in [1.54, 1.807) is 0 Å². The molecule has 0 spiro atoms. The Morgan fingerprint density at radius 1 is 1.77 bits per heavy atom. The first kappa shape index (κ1) is 11.2. The standard InChI is InChI=1S/C6H9N3O4/c1-4(3-9(12)13)2-5(8-11)6(7)10/h2,5H,3H2,1H3,(H2,7,10). The maximum atomic E-state index is 10.5. The maximum absolute atomic E-state index is 10.5. The second kappa shape index (κ2) is 4.96. The summed E-state index contributed by atoms with van der Waals surface area (Å²) < 4.78 is 0. The molecule has 0 rings (SSSR count). The number of rotatable bonds is 5. The first-order valence-electron chi connectivity index (χ1n) is 3.38. The largest absolute Gasteiger partial charge is 0.367 e. The number of amides is 1. The molecule has 0 radical (unpaired) electrons. The molecule has 0 saturated heterocycles. The van der Waals surface area contributed by atoms with Gasteiger partial charge in [0.05, 0.1) is 0 Å². The van der Waals surface area contributed by atoms with Crippen LogP contribution in [0.1, 0.15) is 6.92 Å². The Labute approximate surface area is 73.7 Å². The van der Waals surface area contributed by atoms with Gasteiger partial charge in [0.25, 0.3) is 0 Å². The van der Waals surface area contributed by atoms with E-state index in [2.05, 4.69) is 5.18 Å². The van der Waals surface area contributed by atoms with Crippen LogP contribution in [0.5, 0.6) is 0 Å². The Bertz CT molecular complexity index is 261. The lowest BCUT2D eigenvalue weighted by molar-refractivity contribution is -0.470. The molecule has 7 nitrogen and oxygen atoms in total. The van der Waals surface area contributed by atoms with Crippen molar-refractivity contribution in [2.45, 2.75) is 13.0 Å². The third kappa shape index (κ3) is 4.62. The van der Waals surface area contributed by atoms with Gasteiger partial charge >= 0.3 is 0 Å². The quantitative estimate of drug-likeness (QED) is 0.278. The molecule has 0 aliphatic rings. The van der Waals surface area contributed by atoms with E-state index in [0.717, 1.165) is 6.08 Å². The zero-order valence-electron chi connectivity index (χ0n) is 6.97. The molecule has 72 valence electrons. The van der Waals surface area contributed by atoms with Crippen molar-refractivity contribution in [1.29, 1.82) is 0 Å². The molecule has 1 amide bonds. The van der Waals surface area contributed by atoms with Crippen LogP contribution < -0.4 is 5.73 Å². The number of nitrogens with two attached hydrogens (primary N) is 1. The lowest BCUT2D eigenvalue weighted by Crippen LogP contribution is -2.25. The molecule has 1 atom stereocenters. The highest BCUT2D eigenvalue weighted by Gasteiger charge is 2.13. The number of nitroso groups, excluding NO2 is 1. The highest BCUT2D eigenvalue weighted by atomic mass is 16.6. The van der Waals surface area contributed by atoms with Crippen LogP contribution in [-0.2, 0) is 4.79 Å². The van der Waals surface area contributed by atoms with Crippen LogP contribution in [0.4, 0.5) is 0 Å². The van der Waals surface area contributed by atoms with E-state index in [1.807, 2.05) is 0 Å². The van der Waals surface area contributed by atoms with Gasteiger partial charge in [0.1, 0.15) is 0 Å². The summed E-state index contributed by atoms with van der Waals surface area (Å²) in [6.45, 7) is 0.989. The van der Waals surface area contributed by atoms with Crippen LogP contribution in [0.15, 0.2) is 16.8 Å². The zero-order chi connectivity index (χ0) is 10.4. The van der Waals surface area contributed by atoms with Gasteiger partial charge in [-0.25, -0.2) is 0 Å². The predicted molar refractivity (Wildman–Crippen MR) is 44.4 cm³/mol. The molecular formula is C6H9N3O4. The van der Waals surface area contributed by atoms with Gasteiger partial charge in [0, 0.05) is 4.92 Å². The molecule has 0 bridgehead atoms. The van der Waals surface area contributed by atoms with Crippen LogP contribution in [0.2, 0.25) is 0 Å². The molecule has 0 aromatic rings. The van der Waals surface area contributed by atoms with Gasteiger partial charge in [0.2, 0.25) is 12.5 Å². The van der Waals surface area contributed by atoms with E-state index >= 15 is 0 Å². The summed E-state index contributed by atoms with van der Waals surface area (Å²) in [7, 11) is 0. The minimum atomic E-state index is -1.32. The molecule has 13 heavy (non-hydrogen) atoms. The van der Waals surface area contributed by atoms with Crippen molar-refractivity contribution < 1.29 is 9.72 Å². The number of hydrogen-bond donors (Lipinski definition) is 1. The Balaban J connectivity index is 4.41. The molecule has 1 unspecified atom stereocenters. The van der Waals surface area contributed by atoms with Gasteiger partial charge in [-0.15, -0.1) is 4.91 Å². The second-order valence-corrected chi connectivity index (χ2v) is 2.46. The van der Waals surface area contributed by atoms with Gasteiger partial charge in [-0.3, -0.25) is 14.9 Å². The molecule has 2 N–H and O–H groups in total. The van der Waals surface area contributed by atoms with Crippen molar-refractivity contribution in [2.24, 2.45) is 10.9 Å². The monoisotopic (exact) mass is 187 g/mol. The summed E-state index contributed by atoms with van der Waals surface area (Å²) in [6.07, 6.45) is 1.08. The van der Waals surface area contributed by atoms with Crippen molar-refractivity contribution in [2.75, 3.05) is 6.54 Å². The SMILES string of the molecule is CC(=CC(N=O)C(N)=O)C[N+](=O)[O-]. The summed E-state index contributed by atoms with van der Waals surface area (Å²) in [4.78, 5) is 29.9. The smallest absolute Gasteiger partial charge is 0.249 e. The van der Waals surface area contributed by atoms with E-state index in [4.69, 9.17) is 5.73 Å². The molecule has 0 heterocycles. The van der Waals surface area contributed by atoms with E-state index in [0.29, 0.717) is 0 Å². The third-order valence-corrected chi connectivity index (χ3v) is 1.23. The molecular weight excluding hydrogens is 178 g/mol. The van der Waals surface area contributed by atoms with Gasteiger partial charge in [-0.05, 0) is 18.6 Å². The van der Waals surface area contributed by atoms with Gasteiger partial charge in [-0.2, -0.15) is 0 Å². The second-order valence-electron chi connectivity index (χ2n) is 2.46. The number of nitro groups is 1. The topological polar surface area (TPSA) is 116 Å². The van der Waals surface area contributed by atoms with Crippen molar-refractivity contribution in [3.05, 3.63) is 26.7 Å². The van der Waals surface area contributed by atoms with Crippen LogP contribution in [0.25, 0.3) is 0 Å². The summed E-state index contributed by atoms with van der Waals surface area (Å²) >= 11 is 0. The lowest BCUT2D eigenvalue weighted by atomic mass is 10.2. The number of carbonyl (C=O) groups is 1. The summed E-state index contributed by atoms with van der Waals surface area (Å²) in [5.41, 5.74) is 5.05. The fraction of sp³-hybridized carbons (Fsp3) is 0.500. The highest BCUT2D eigenvalue weighted by molar-refractivity contribution is 5.82. The molecule has 0 fully saturated rings. The third-order valence-electron chi connectivity index (χ3n) is 1.23. The number of nitrogens with zero attached hydrogens (tertiary/aromatic N) is 2. The summed E-state index contributed by atoms with van der Waals surface area (Å²) in [5, 5.41) is 12.4. The molecule has 0 saturated carbocycles. The van der Waals surface area contributed by atoms with Crippen molar-refractivity contribution in [3.63, 3.8) is 0 Å². The van der Waals surface area contributed by atoms with Crippen molar-refractivity contribution >= 4 is 5.91 Å². The normalized spacial score (nSPS) is 13.5. The molecule has 7 heteroatoms. The lowest BCUT2D eigenvalue weighted by Gasteiger charge is -1.98. The predicted octanol–water partition coefficient (Wildman–Crippen LogP) is -0.170. The van der Waals surface area contributed by atoms with E-state index < -0.39 is 23.4 Å². The maximum Gasteiger partial charge on any atom is 0.249 e. The van der Waals surface area contributed by atoms with Gasteiger partial charge < -0.3 is 5.73 Å². The van der Waals surface area contributed by atoms with Crippen LogP contribution >= 0.6 is 0 Å². The average molecular weight is 187 g/mol. The van der Waals surface area contributed by atoms with Gasteiger partial charge in [0.15, 0.2) is 6.04 Å². The van der Waals surface area contributed by atoms with Crippen molar-refractivity contribution in [3.8, 4) is 0 Å². The Hall–Kier alpha value is -1.79. The van der Waals surface area contributed by atoms with Crippen LogP contribution in [0, 0.1) is 15.0 Å². The number of hydrogen-bond acceptors (Lipinski definition) is 5. The Kier molecular flexibility index (Phi) is 4.28. The van der Waals surface area contributed by atoms with Crippen LogP contribution in [-0.4, -0.2) is 23.4 Å². The van der Waals surface area contributed by atoms with E-state index in [9.17, 15) is 19.8 Å². The molecule has 0 aliphatic heterocycles. The summed E-state index contributed by atoms with van der Waals surface area (Å²) in [5.74, 6) is -0.919. The summed E-state index contributed by atoms with van der Waals surface area (Å²) in [6, 6.07) is -1.32. The Morgan fingerprint density at radius 2 is 2.31 bits per heavy atom. The fourth-order valence-electron chi connectivity index (χ4n) is 0.690. The fourth-order valence-corrected chi connectivity index (χ4v) is 0.690. The molecule has 0 aromatic carbocycles. The Morgan fingerprint density at radius 3 is 2.62 bits per heavy atom. The van der Waals surface area contributed by atoms with Gasteiger partial charge in [-0.1, -0.05) is 5.18 Å². The minimum absolute atomic E-state index is 0.272. The molecule has 0 aliphatic carbocycles. The average Bonchev–Trinajstić information content (AvgIpc) is 1.98.